The Morgan fingerprint density at radius 2 is 1.86 bits per heavy atom. The number of ether oxygens (including phenoxy) is 4. The molecule has 0 aliphatic carbocycles. The summed E-state index contributed by atoms with van der Waals surface area (Å²) in [6.07, 6.45) is 1.11. The predicted molar refractivity (Wildman–Crippen MR) is 107 cm³/mol. The molecule has 0 amide bonds. The highest BCUT2D eigenvalue weighted by molar-refractivity contribution is 5.99. The molecule has 1 aliphatic rings. The maximum atomic E-state index is 5.95. The topological polar surface area (TPSA) is 74.7 Å². The van der Waals surface area contributed by atoms with Gasteiger partial charge in [0.25, 0.3) is 0 Å². The quantitative estimate of drug-likeness (QED) is 0.641. The first-order chi connectivity index (χ1) is 13.7. The summed E-state index contributed by atoms with van der Waals surface area (Å²) in [5, 5.41) is 4.11. The van der Waals surface area contributed by atoms with E-state index in [9.17, 15) is 0 Å². The lowest BCUT2D eigenvalue weighted by atomic mass is 10.1. The van der Waals surface area contributed by atoms with E-state index in [1.165, 1.54) is 11.9 Å². The fourth-order valence-corrected chi connectivity index (χ4v) is 3.11. The van der Waals surface area contributed by atoms with Gasteiger partial charge in [-0.2, -0.15) is 0 Å². The molecular formula is C21H23N3O4. The molecule has 1 atom stereocenters. The molecule has 7 heteroatoms. The molecule has 4 rings (SSSR count). The summed E-state index contributed by atoms with van der Waals surface area (Å²) in [6, 6.07) is 9.94. The molecule has 146 valence electrons. The highest BCUT2D eigenvalue weighted by Crippen LogP contribution is 2.47. The third-order valence-corrected chi connectivity index (χ3v) is 4.39. The van der Waals surface area contributed by atoms with E-state index in [0.717, 1.165) is 11.1 Å². The van der Waals surface area contributed by atoms with Gasteiger partial charge in [0.1, 0.15) is 25.4 Å². The van der Waals surface area contributed by atoms with Crippen LogP contribution in [0.3, 0.4) is 0 Å². The summed E-state index contributed by atoms with van der Waals surface area (Å²) >= 11 is 0. The monoisotopic (exact) mass is 381 g/mol. The van der Waals surface area contributed by atoms with Gasteiger partial charge in [-0.15, -0.1) is 0 Å². The second kappa shape index (κ2) is 7.90. The summed E-state index contributed by atoms with van der Waals surface area (Å²) in [6.45, 7) is 7.27. The van der Waals surface area contributed by atoms with Crippen molar-refractivity contribution in [2.24, 2.45) is 0 Å². The standard InChI is InChI=1S/C21H23N3O4/c1-4-25-14(3)28-17-11-16-18(20-19(17)26-9-10-27-20)21(23-12-22-16)24-15-7-5-13(2)6-8-15/h5-8,11-12,14H,4,9-10H2,1-3H3,(H,22,23,24). The van der Waals surface area contributed by atoms with Gasteiger partial charge in [0.2, 0.25) is 5.75 Å². The molecule has 0 fully saturated rings. The number of hydrogen-bond donors (Lipinski definition) is 1. The molecule has 2 heterocycles. The van der Waals surface area contributed by atoms with Crippen molar-refractivity contribution >= 4 is 22.4 Å². The average molecular weight is 381 g/mol. The molecule has 2 aromatic carbocycles. The van der Waals surface area contributed by atoms with E-state index in [4.69, 9.17) is 18.9 Å². The number of nitrogens with zero attached hydrogens (tertiary/aromatic N) is 2. The van der Waals surface area contributed by atoms with Crippen molar-refractivity contribution in [1.82, 2.24) is 9.97 Å². The van der Waals surface area contributed by atoms with Crippen molar-refractivity contribution in [2.75, 3.05) is 25.1 Å². The molecule has 1 aliphatic heterocycles. The maximum absolute atomic E-state index is 5.95. The molecule has 0 saturated carbocycles. The van der Waals surface area contributed by atoms with Crippen LogP contribution < -0.4 is 19.5 Å². The van der Waals surface area contributed by atoms with E-state index in [2.05, 4.69) is 22.2 Å². The van der Waals surface area contributed by atoms with E-state index in [0.29, 0.717) is 48.4 Å². The Balaban J connectivity index is 1.79. The Bertz CT molecular complexity index is 976. The fraction of sp³-hybridized carbons (Fsp3) is 0.333. The lowest BCUT2D eigenvalue weighted by molar-refractivity contribution is -0.0630. The Labute approximate surface area is 163 Å². The van der Waals surface area contributed by atoms with Gasteiger partial charge in [-0.3, -0.25) is 0 Å². The minimum absolute atomic E-state index is 0.413. The van der Waals surface area contributed by atoms with Gasteiger partial charge >= 0.3 is 0 Å². The zero-order valence-corrected chi connectivity index (χ0v) is 16.2. The van der Waals surface area contributed by atoms with Gasteiger partial charge in [0.15, 0.2) is 17.8 Å². The van der Waals surface area contributed by atoms with Crippen LogP contribution in [0.15, 0.2) is 36.7 Å². The van der Waals surface area contributed by atoms with E-state index < -0.39 is 6.29 Å². The zero-order valence-electron chi connectivity index (χ0n) is 16.2. The van der Waals surface area contributed by atoms with Gasteiger partial charge in [0, 0.05) is 18.4 Å². The van der Waals surface area contributed by atoms with E-state index in [-0.39, 0.29) is 0 Å². The van der Waals surface area contributed by atoms with Crippen molar-refractivity contribution in [1.29, 1.82) is 0 Å². The summed E-state index contributed by atoms with van der Waals surface area (Å²) in [4.78, 5) is 8.84. The van der Waals surface area contributed by atoms with Gasteiger partial charge < -0.3 is 24.3 Å². The van der Waals surface area contributed by atoms with Crippen LogP contribution in [0.4, 0.5) is 11.5 Å². The first-order valence-electron chi connectivity index (χ1n) is 9.35. The van der Waals surface area contributed by atoms with E-state index in [1.807, 2.05) is 44.2 Å². The highest BCUT2D eigenvalue weighted by Gasteiger charge is 2.25. The highest BCUT2D eigenvalue weighted by atomic mass is 16.7. The molecular weight excluding hydrogens is 358 g/mol. The number of aryl methyl sites for hydroxylation is 1. The molecule has 0 spiro atoms. The second-order valence-corrected chi connectivity index (χ2v) is 6.48. The number of rotatable bonds is 6. The van der Waals surface area contributed by atoms with Crippen LogP contribution in [0, 0.1) is 6.92 Å². The van der Waals surface area contributed by atoms with Crippen LogP contribution >= 0.6 is 0 Å². The van der Waals surface area contributed by atoms with Crippen LogP contribution in [-0.2, 0) is 4.74 Å². The minimum Gasteiger partial charge on any atom is -0.485 e. The lowest BCUT2D eigenvalue weighted by Gasteiger charge is -2.24. The van der Waals surface area contributed by atoms with Gasteiger partial charge in [-0.05, 0) is 32.9 Å². The third kappa shape index (κ3) is 3.66. The number of nitrogens with one attached hydrogen (secondary N) is 1. The number of anilines is 2. The number of aromatic nitrogens is 2. The van der Waals surface area contributed by atoms with Crippen LogP contribution in [0.2, 0.25) is 0 Å². The van der Waals surface area contributed by atoms with Crippen molar-refractivity contribution in [3.05, 3.63) is 42.2 Å². The Morgan fingerprint density at radius 1 is 1.11 bits per heavy atom. The molecule has 1 N–H and O–H groups in total. The normalized spacial score (nSPS) is 14.0. The average Bonchev–Trinajstić information content (AvgIpc) is 2.70. The van der Waals surface area contributed by atoms with Crippen molar-refractivity contribution in [3.63, 3.8) is 0 Å². The van der Waals surface area contributed by atoms with Crippen molar-refractivity contribution < 1.29 is 18.9 Å². The summed E-state index contributed by atoms with van der Waals surface area (Å²) < 4.78 is 23.2. The van der Waals surface area contributed by atoms with Gasteiger partial charge in [-0.1, -0.05) is 17.7 Å². The smallest absolute Gasteiger partial charge is 0.204 e. The fourth-order valence-electron chi connectivity index (χ4n) is 3.11. The number of benzene rings is 2. The Morgan fingerprint density at radius 3 is 2.61 bits per heavy atom. The first-order valence-corrected chi connectivity index (χ1v) is 9.35. The Kier molecular flexibility index (Phi) is 5.16. The van der Waals surface area contributed by atoms with Crippen LogP contribution in [0.5, 0.6) is 17.2 Å². The Hall–Kier alpha value is -3.06. The predicted octanol–water partition coefficient (Wildman–Crippen LogP) is 4.21. The van der Waals surface area contributed by atoms with Crippen molar-refractivity contribution in [3.8, 4) is 17.2 Å². The van der Waals surface area contributed by atoms with Crippen molar-refractivity contribution in [2.45, 2.75) is 27.1 Å². The number of hydrogen-bond acceptors (Lipinski definition) is 7. The summed E-state index contributed by atoms with van der Waals surface area (Å²) in [5.74, 6) is 2.33. The van der Waals surface area contributed by atoms with Crippen LogP contribution in [-0.4, -0.2) is 36.1 Å². The molecule has 0 saturated heterocycles. The third-order valence-electron chi connectivity index (χ3n) is 4.39. The van der Waals surface area contributed by atoms with Gasteiger partial charge in [0.05, 0.1) is 10.9 Å². The first kappa shape index (κ1) is 18.3. The lowest BCUT2D eigenvalue weighted by Crippen LogP contribution is -2.20. The minimum atomic E-state index is -0.413. The van der Waals surface area contributed by atoms with E-state index in [1.54, 1.807) is 0 Å². The molecule has 7 nitrogen and oxygen atoms in total. The molecule has 0 bridgehead atoms. The second-order valence-electron chi connectivity index (χ2n) is 6.48. The summed E-state index contributed by atoms with van der Waals surface area (Å²) in [7, 11) is 0. The largest absolute Gasteiger partial charge is 0.485 e. The maximum Gasteiger partial charge on any atom is 0.204 e. The molecule has 1 unspecified atom stereocenters. The summed E-state index contributed by atoms with van der Waals surface area (Å²) in [5.41, 5.74) is 2.83. The SMILES string of the molecule is CCOC(C)Oc1cc2ncnc(Nc3ccc(C)cc3)c2c2c1OCCO2. The zero-order chi connectivity index (χ0) is 19.5. The molecule has 0 radical (unpaired) electrons. The number of fused-ring (bicyclic) bond motifs is 3. The van der Waals surface area contributed by atoms with Crippen LogP contribution in [0.25, 0.3) is 10.9 Å². The van der Waals surface area contributed by atoms with Gasteiger partial charge in [-0.25, -0.2) is 9.97 Å². The van der Waals surface area contributed by atoms with E-state index >= 15 is 0 Å². The molecule has 3 aromatic rings. The van der Waals surface area contributed by atoms with Crippen LogP contribution in [0.1, 0.15) is 19.4 Å². The molecule has 28 heavy (non-hydrogen) atoms. The molecule has 1 aromatic heterocycles.